The number of hydrogen-bond acceptors (Lipinski definition) is 4. The van der Waals surface area contributed by atoms with E-state index in [-0.39, 0.29) is 11.3 Å². The van der Waals surface area contributed by atoms with Gasteiger partial charge in [-0.25, -0.2) is 9.29 Å². The summed E-state index contributed by atoms with van der Waals surface area (Å²) in [5.41, 5.74) is 3.88. The summed E-state index contributed by atoms with van der Waals surface area (Å²) in [6.45, 7) is 3.91. The summed E-state index contributed by atoms with van der Waals surface area (Å²) in [6.07, 6.45) is 0. The molecular formula is C25H21FN2O3. The summed E-state index contributed by atoms with van der Waals surface area (Å²) in [7, 11) is 1.51. The standard InChI is InChI=1S/C25H21FN2O3/c1-15-8-13-20(16(2)14-15)27-23-22(19-6-4-5-7-21(19)31-3)24(29)28(25(23)30)18-11-9-17(26)10-12-18/h4-14,27H,1-3H3. The van der Waals surface area contributed by atoms with Crippen LogP contribution in [0, 0.1) is 19.7 Å². The number of ether oxygens (including phenoxy) is 1. The van der Waals surface area contributed by atoms with Gasteiger partial charge in [-0.2, -0.15) is 0 Å². The zero-order valence-corrected chi connectivity index (χ0v) is 17.4. The molecule has 0 bridgehead atoms. The molecule has 0 unspecified atom stereocenters. The Balaban J connectivity index is 1.87. The largest absolute Gasteiger partial charge is 0.496 e. The molecule has 4 rings (SSSR count). The minimum atomic E-state index is -0.516. The van der Waals surface area contributed by atoms with Gasteiger partial charge >= 0.3 is 0 Å². The van der Waals surface area contributed by atoms with Crippen LogP contribution >= 0.6 is 0 Å². The van der Waals surface area contributed by atoms with Gasteiger partial charge in [0.05, 0.1) is 18.4 Å². The summed E-state index contributed by atoms with van der Waals surface area (Å²) >= 11 is 0. The Morgan fingerprint density at radius 3 is 2.29 bits per heavy atom. The molecule has 2 amide bonds. The Morgan fingerprint density at radius 1 is 0.903 bits per heavy atom. The fourth-order valence-corrected chi connectivity index (χ4v) is 3.66. The van der Waals surface area contributed by atoms with Crippen molar-refractivity contribution < 1.29 is 18.7 Å². The molecule has 0 aromatic heterocycles. The normalized spacial score (nSPS) is 13.7. The highest BCUT2D eigenvalue weighted by molar-refractivity contribution is 6.46. The van der Waals surface area contributed by atoms with Gasteiger partial charge < -0.3 is 10.1 Å². The number of halogens is 1. The number of methoxy groups -OCH3 is 1. The second-order valence-electron chi connectivity index (χ2n) is 7.32. The number of hydrogen-bond donors (Lipinski definition) is 1. The van der Waals surface area contributed by atoms with E-state index in [1.54, 1.807) is 24.3 Å². The number of nitrogens with one attached hydrogen (secondary N) is 1. The van der Waals surface area contributed by atoms with Crippen LogP contribution in [0.1, 0.15) is 16.7 Å². The lowest BCUT2D eigenvalue weighted by Crippen LogP contribution is -2.32. The van der Waals surface area contributed by atoms with Crippen LogP contribution in [0.2, 0.25) is 0 Å². The van der Waals surface area contributed by atoms with Crippen LogP contribution in [0.3, 0.4) is 0 Å². The van der Waals surface area contributed by atoms with E-state index in [0.717, 1.165) is 21.7 Å². The maximum atomic E-state index is 13.5. The third-order valence-corrected chi connectivity index (χ3v) is 5.19. The monoisotopic (exact) mass is 416 g/mol. The molecule has 6 heteroatoms. The smallest absolute Gasteiger partial charge is 0.282 e. The third kappa shape index (κ3) is 3.68. The van der Waals surface area contributed by atoms with Crippen molar-refractivity contribution in [3.8, 4) is 5.75 Å². The number of rotatable bonds is 5. The van der Waals surface area contributed by atoms with E-state index in [9.17, 15) is 14.0 Å². The molecule has 156 valence electrons. The second kappa shape index (κ2) is 8.07. The van der Waals surface area contributed by atoms with Crippen LogP contribution in [-0.2, 0) is 9.59 Å². The molecule has 1 aliphatic heterocycles. The number of para-hydroxylation sites is 1. The summed E-state index contributed by atoms with van der Waals surface area (Å²) in [5.74, 6) is -1.00. The molecule has 5 nitrogen and oxygen atoms in total. The highest BCUT2D eigenvalue weighted by Crippen LogP contribution is 2.37. The molecule has 0 spiro atoms. The van der Waals surface area contributed by atoms with Gasteiger partial charge in [-0.05, 0) is 55.8 Å². The van der Waals surface area contributed by atoms with Gasteiger partial charge in [0.2, 0.25) is 0 Å². The number of carbonyl (C=O) groups is 2. The highest BCUT2D eigenvalue weighted by atomic mass is 19.1. The lowest BCUT2D eigenvalue weighted by molar-refractivity contribution is -0.120. The Labute approximate surface area is 179 Å². The van der Waals surface area contributed by atoms with E-state index < -0.39 is 17.6 Å². The first-order valence-corrected chi connectivity index (χ1v) is 9.77. The Morgan fingerprint density at radius 2 is 1.61 bits per heavy atom. The van der Waals surface area contributed by atoms with E-state index in [1.807, 2.05) is 32.0 Å². The summed E-state index contributed by atoms with van der Waals surface area (Å²) < 4.78 is 18.9. The van der Waals surface area contributed by atoms with Crippen molar-refractivity contribution in [2.75, 3.05) is 17.3 Å². The number of anilines is 2. The summed E-state index contributed by atoms with van der Waals surface area (Å²) in [5, 5.41) is 3.17. The van der Waals surface area contributed by atoms with Gasteiger partial charge in [0.15, 0.2) is 0 Å². The van der Waals surface area contributed by atoms with E-state index in [0.29, 0.717) is 17.0 Å². The van der Waals surface area contributed by atoms with Gasteiger partial charge in [0.1, 0.15) is 17.3 Å². The average Bonchev–Trinajstić information content (AvgIpc) is 3.00. The van der Waals surface area contributed by atoms with Crippen molar-refractivity contribution in [3.63, 3.8) is 0 Å². The topological polar surface area (TPSA) is 58.6 Å². The van der Waals surface area contributed by atoms with Crippen LogP contribution in [0.15, 0.2) is 72.4 Å². The first-order chi connectivity index (χ1) is 14.9. The van der Waals surface area contributed by atoms with Crippen molar-refractivity contribution in [1.29, 1.82) is 0 Å². The third-order valence-electron chi connectivity index (χ3n) is 5.19. The van der Waals surface area contributed by atoms with Gasteiger partial charge in [0, 0.05) is 11.3 Å². The van der Waals surface area contributed by atoms with Crippen molar-refractivity contribution in [2.24, 2.45) is 0 Å². The van der Waals surface area contributed by atoms with E-state index in [1.165, 1.54) is 31.4 Å². The van der Waals surface area contributed by atoms with Crippen LogP contribution in [0.5, 0.6) is 5.75 Å². The molecular weight excluding hydrogens is 395 g/mol. The molecule has 1 heterocycles. The fraction of sp³-hybridized carbons (Fsp3) is 0.120. The molecule has 0 aliphatic carbocycles. The molecule has 0 radical (unpaired) electrons. The summed E-state index contributed by atoms with van der Waals surface area (Å²) in [6, 6.07) is 18.1. The number of amides is 2. The SMILES string of the molecule is COc1ccccc1C1=C(Nc2ccc(C)cc2C)C(=O)N(c2ccc(F)cc2)C1=O. The maximum Gasteiger partial charge on any atom is 0.282 e. The number of benzene rings is 3. The van der Waals surface area contributed by atoms with E-state index in [4.69, 9.17) is 4.74 Å². The molecule has 1 N–H and O–H groups in total. The zero-order chi connectivity index (χ0) is 22.1. The van der Waals surface area contributed by atoms with Crippen molar-refractivity contribution in [3.05, 3.63) is 94.9 Å². The van der Waals surface area contributed by atoms with Crippen molar-refractivity contribution in [2.45, 2.75) is 13.8 Å². The molecule has 0 fully saturated rings. The Hall–Kier alpha value is -3.93. The molecule has 1 aliphatic rings. The quantitative estimate of drug-likeness (QED) is 0.604. The highest BCUT2D eigenvalue weighted by Gasteiger charge is 2.41. The van der Waals surface area contributed by atoms with E-state index in [2.05, 4.69) is 5.32 Å². The van der Waals surface area contributed by atoms with Gasteiger partial charge in [0.25, 0.3) is 11.8 Å². The minimum absolute atomic E-state index is 0.144. The first-order valence-electron chi connectivity index (χ1n) is 9.77. The molecule has 3 aromatic rings. The number of imide groups is 1. The molecule has 0 saturated heterocycles. The van der Waals surface area contributed by atoms with Crippen molar-refractivity contribution >= 4 is 28.8 Å². The maximum absolute atomic E-state index is 13.5. The lowest BCUT2D eigenvalue weighted by atomic mass is 10.0. The molecule has 3 aromatic carbocycles. The van der Waals surface area contributed by atoms with Crippen LogP contribution in [-0.4, -0.2) is 18.9 Å². The first kappa shape index (κ1) is 20.3. The fourth-order valence-electron chi connectivity index (χ4n) is 3.66. The van der Waals surface area contributed by atoms with Gasteiger partial charge in [-0.3, -0.25) is 9.59 Å². The predicted molar refractivity (Wildman–Crippen MR) is 118 cm³/mol. The Bertz CT molecular complexity index is 1220. The van der Waals surface area contributed by atoms with Crippen LogP contribution < -0.4 is 15.0 Å². The van der Waals surface area contributed by atoms with Gasteiger partial charge in [-0.15, -0.1) is 0 Å². The molecule has 31 heavy (non-hydrogen) atoms. The molecule has 0 atom stereocenters. The lowest BCUT2D eigenvalue weighted by Gasteiger charge is -2.16. The van der Waals surface area contributed by atoms with Crippen molar-refractivity contribution in [1.82, 2.24) is 0 Å². The van der Waals surface area contributed by atoms with Crippen LogP contribution in [0.25, 0.3) is 5.57 Å². The zero-order valence-electron chi connectivity index (χ0n) is 17.4. The number of carbonyl (C=O) groups excluding carboxylic acids is 2. The number of nitrogens with zero attached hydrogens (tertiary/aromatic N) is 1. The van der Waals surface area contributed by atoms with Crippen LogP contribution in [0.4, 0.5) is 15.8 Å². The second-order valence-corrected chi connectivity index (χ2v) is 7.32. The van der Waals surface area contributed by atoms with E-state index >= 15 is 0 Å². The van der Waals surface area contributed by atoms with Gasteiger partial charge in [-0.1, -0.05) is 35.9 Å². The predicted octanol–water partition coefficient (Wildman–Crippen LogP) is 4.85. The Kier molecular flexibility index (Phi) is 5.29. The number of aryl methyl sites for hydroxylation is 2. The minimum Gasteiger partial charge on any atom is -0.496 e. The summed E-state index contributed by atoms with van der Waals surface area (Å²) in [4.78, 5) is 27.9. The average molecular weight is 416 g/mol. The molecule has 0 saturated carbocycles.